The van der Waals surface area contributed by atoms with Crippen LogP contribution >= 0.6 is 0 Å². The van der Waals surface area contributed by atoms with Gasteiger partial charge in [-0.25, -0.2) is 8.42 Å². The molecule has 1 heterocycles. The van der Waals surface area contributed by atoms with E-state index in [0.717, 1.165) is 11.1 Å². The predicted octanol–water partition coefficient (Wildman–Crippen LogP) is 1.44. The number of aryl methyl sites for hydroxylation is 2. The van der Waals surface area contributed by atoms with Gasteiger partial charge in [0.2, 0.25) is 10.0 Å². The summed E-state index contributed by atoms with van der Waals surface area (Å²) in [4.78, 5) is 0.215. The number of nitrogens with two attached hydrogens (primary N) is 1. The molecule has 23 heavy (non-hydrogen) atoms. The van der Waals surface area contributed by atoms with E-state index in [2.05, 4.69) is 0 Å². The van der Waals surface area contributed by atoms with E-state index >= 15 is 0 Å². The lowest BCUT2D eigenvalue weighted by Gasteiger charge is -2.37. The first kappa shape index (κ1) is 18.2. The quantitative estimate of drug-likeness (QED) is 0.875. The summed E-state index contributed by atoms with van der Waals surface area (Å²) in [6.45, 7) is 4.40. The third kappa shape index (κ3) is 3.52. The number of sulfonamides is 1. The minimum absolute atomic E-state index is 0.0520. The fourth-order valence-electron chi connectivity index (χ4n) is 3.23. The molecule has 1 saturated heterocycles. The Morgan fingerprint density at radius 1 is 1.30 bits per heavy atom. The lowest BCUT2D eigenvalue weighted by Crippen LogP contribution is -2.51. The SMILES string of the molecule is COc1c(C)cc(C)cc1S(=O)(=O)N1CCC(OC)CC1CN. The molecular formula is C16H26N2O4S. The van der Waals surface area contributed by atoms with Crippen molar-refractivity contribution >= 4 is 10.0 Å². The first-order valence-electron chi connectivity index (χ1n) is 7.75. The normalized spacial score (nSPS) is 23.0. The summed E-state index contributed by atoms with van der Waals surface area (Å²) in [6.07, 6.45) is 1.33. The van der Waals surface area contributed by atoms with Crippen LogP contribution in [0.1, 0.15) is 24.0 Å². The van der Waals surface area contributed by atoms with Crippen LogP contribution in [0.4, 0.5) is 0 Å². The van der Waals surface area contributed by atoms with Crippen LogP contribution in [0.15, 0.2) is 17.0 Å². The van der Waals surface area contributed by atoms with Gasteiger partial charge in [-0.1, -0.05) is 6.07 Å². The summed E-state index contributed by atoms with van der Waals surface area (Å²) < 4.78 is 38.6. The zero-order valence-electron chi connectivity index (χ0n) is 14.2. The molecule has 1 aromatic rings. The molecule has 0 aromatic heterocycles. The second-order valence-electron chi connectivity index (χ2n) is 6.00. The van der Waals surface area contributed by atoms with Crippen LogP contribution in [-0.4, -0.2) is 52.2 Å². The van der Waals surface area contributed by atoms with E-state index in [0.29, 0.717) is 25.1 Å². The Hall–Kier alpha value is -1.15. The van der Waals surface area contributed by atoms with E-state index in [4.69, 9.17) is 15.2 Å². The molecule has 0 amide bonds. The molecule has 0 spiro atoms. The van der Waals surface area contributed by atoms with Crippen molar-refractivity contribution in [3.8, 4) is 5.75 Å². The first-order chi connectivity index (χ1) is 10.8. The number of ether oxygens (including phenoxy) is 2. The van der Waals surface area contributed by atoms with E-state index in [9.17, 15) is 8.42 Å². The smallest absolute Gasteiger partial charge is 0.247 e. The molecule has 1 aromatic carbocycles. The standard InChI is InChI=1S/C16H26N2O4S/c1-11-7-12(2)16(22-4)15(8-11)23(19,20)18-6-5-14(21-3)9-13(18)10-17/h7-8,13-14H,5-6,9-10,17H2,1-4H3. The molecule has 0 bridgehead atoms. The monoisotopic (exact) mass is 342 g/mol. The van der Waals surface area contributed by atoms with Crippen molar-refractivity contribution < 1.29 is 17.9 Å². The highest BCUT2D eigenvalue weighted by Gasteiger charge is 2.38. The maximum atomic E-state index is 13.2. The van der Waals surface area contributed by atoms with Gasteiger partial charge in [-0.05, 0) is 43.9 Å². The van der Waals surface area contributed by atoms with Crippen molar-refractivity contribution in [2.24, 2.45) is 5.73 Å². The molecule has 1 aliphatic rings. The summed E-state index contributed by atoms with van der Waals surface area (Å²) in [7, 11) is -0.527. The Morgan fingerprint density at radius 3 is 2.57 bits per heavy atom. The van der Waals surface area contributed by atoms with Crippen LogP contribution in [0.3, 0.4) is 0 Å². The molecule has 7 heteroatoms. The maximum absolute atomic E-state index is 13.2. The van der Waals surface area contributed by atoms with Crippen LogP contribution in [0.2, 0.25) is 0 Å². The Labute approximate surface area is 138 Å². The average Bonchev–Trinajstić information content (AvgIpc) is 2.53. The summed E-state index contributed by atoms with van der Waals surface area (Å²) in [5, 5.41) is 0. The molecule has 0 saturated carbocycles. The van der Waals surface area contributed by atoms with Crippen molar-refractivity contribution in [1.29, 1.82) is 0 Å². The average molecular weight is 342 g/mol. The van der Waals surface area contributed by atoms with Crippen molar-refractivity contribution in [3.05, 3.63) is 23.3 Å². The molecule has 1 aliphatic heterocycles. The second kappa shape index (κ2) is 7.17. The van der Waals surface area contributed by atoms with Gasteiger partial charge in [0.1, 0.15) is 10.6 Å². The van der Waals surface area contributed by atoms with Gasteiger partial charge in [0.05, 0.1) is 13.2 Å². The molecule has 2 unspecified atom stereocenters. The van der Waals surface area contributed by atoms with Gasteiger partial charge in [-0.15, -0.1) is 0 Å². The predicted molar refractivity (Wildman–Crippen MR) is 89.2 cm³/mol. The molecule has 0 radical (unpaired) electrons. The number of nitrogens with zero attached hydrogens (tertiary/aromatic N) is 1. The van der Waals surface area contributed by atoms with E-state index in [1.807, 2.05) is 19.9 Å². The zero-order chi connectivity index (χ0) is 17.2. The van der Waals surface area contributed by atoms with E-state index in [1.54, 1.807) is 13.2 Å². The minimum atomic E-state index is -3.67. The number of rotatable bonds is 5. The molecule has 6 nitrogen and oxygen atoms in total. The van der Waals surface area contributed by atoms with Crippen LogP contribution in [0.5, 0.6) is 5.75 Å². The molecular weight excluding hydrogens is 316 g/mol. The highest BCUT2D eigenvalue weighted by Crippen LogP contribution is 2.34. The largest absolute Gasteiger partial charge is 0.495 e. The highest BCUT2D eigenvalue weighted by atomic mass is 32.2. The Balaban J connectivity index is 2.46. The summed E-state index contributed by atoms with van der Waals surface area (Å²) in [5.74, 6) is 0.403. The highest BCUT2D eigenvalue weighted by molar-refractivity contribution is 7.89. The number of hydrogen-bond donors (Lipinski definition) is 1. The van der Waals surface area contributed by atoms with Gasteiger partial charge in [0.25, 0.3) is 0 Å². The minimum Gasteiger partial charge on any atom is -0.495 e. The van der Waals surface area contributed by atoms with Crippen molar-refractivity contribution in [3.63, 3.8) is 0 Å². The van der Waals surface area contributed by atoms with E-state index in [1.165, 1.54) is 11.4 Å². The Morgan fingerprint density at radius 2 is 2.00 bits per heavy atom. The third-order valence-electron chi connectivity index (χ3n) is 4.39. The fourth-order valence-corrected chi connectivity index (χ4v) is 5.21. The molecule has 0 aliphatic carbocycles. The van der Waals surface area contributed by atoms with Crippen LogP contribution in [0.25, 0.3) is 0 Å². The topological polar surface area (TPSA) is 81.9 Å². The number of piperidine rings is 1. The Kier molecular flexibility index (Phi) is 5.67. The molecule has 1 fully saturated rings. The number of benzene rings is 1. The first-order valence-corrected chi connectivity index (χ1v) is 9.19. The fraction of sp³-hybridized carbons (Fsp3) is 0.625. The van der Waals surface area contributed by atoms with E-state index < -0.39 is 10.0 Å². The van der Waals surface area contributed by atoms with Gasteiger partial charge in [0.15, 0.2) is 0 Å². The molecule has 2 N–H and O–H groups in total. The third-order valence-corrected chi connectivity index (χ3v) is 6.35. The van der Waals surface area contributed by atoms with Crippen molar-refractivity contribution in [1.82, 2.24) is 4.31 Å². The van der Waals surface area contributed by atoms with Gasteiger partial charge >= 0.3 is 0 Å². The van der Waals surface area contributed by atoms with E-state index in [-0.39, 0.29) is 23.6 Å². The van der Waals surface area contributed by atoms with Gasteiger partial charge in [0, 0.05) is 26.2 Å². The van der Waals surface area contributed by atoms with Gasteiger partial charge in [-0.3, -0.25) is 0 Å². The number of hydrogen-bond acceptors (Lipinski definition) is 5. The van der Waals surface area contributed by atoms with Crippen molar-refractivity contribution in [2.75, 3.05) is 27.3 Å². The summed E-state index contributed by atoms with van der Waals surface area (Å²) in [5.41, 5.74) is 7.52. The lowest BCUT2D eigenvalue weighted by atomic mass is 10.0. The second-order valence-corrected chi connectivity index (χ2v) is 7.86. The maximum Gasteiger partial charge on any atom is 0.247 e. The summed E-state index contributed by atoms with van der Waals surface area (Å²) >= 11 is 0. The summed E-state index contributed by atoms with van der Waals surface area (Å²) in [6, 6.07) is 3.32. The molecule has 2 atom stereocenters. The molecule has 2 rings (SSSR count). The van der Waals surface area contributed by atoms with Crippen LogP contribution < -0.4 is 10.5 Å². The van der Waals surface area contributed by atoms with Gasteiger partial charge < -0.3 is 15.2 Å². The zero-order valence-corrected chi connectivity index (χ0v) is 15.0. The Bertz CT molecular complexity index is 660. The van der Waals surface area contributed by atoms with Crippen LogP contribution in [-0.2, 0) is 14.8 Å². The van der Waals surface area contributed by atoms with Crippen molar-refractivity contribution in [2.45, 2.75) is 43.7 Å². The number of methoxy groups -OCH3 is 2. The lowest BCUT2D eigenvalue weighted by molar-refractivity contribution is 0.0401. The molecule has 130 valence electrons. The van der Waals surface area contributed by atoms with Crippen LogP contribution in [0, 0.1) is 13.8 Å². The van der Waals surface area contributed by atoms with Gasteiger partial charge in [-0.2, -0.15) is 4.31 Å².